The number of esters is 1. The second-order valence-corrected chi connectivity index (χ2v) is 6.44. The zero-order valence-electron chi connectivity index (χ0n) is 14.7. The number of carbonyl (C=O) groups is 2. The molecule has 2 aliphatic rings. The van der Waals surface area contributed by atoms with Crippen LogP contribution in [0.3, 0.4) is 0 Å². The maximum atomic E-state index is 13.5. The van der Waals surface area contributed by atoms with Crippen LogP contribution in [0.25, 0.3) is 5.57 Å². The first-order chi connectivity index (χ1) is 12.9. The van der Waals surface area contributed by atoms with Gasteiger partial charge in [-0.15, -0.1) is 0 Å². The van der Waals surface area contributed by atoms with Crippen molar-refractivity contribution in [1.82, 2.24) is 5.32 Å². The van der Waals surface area contributed by atoms with Gasteiger partial charge in [0.1, 0.15) is 11.6 Å². The van der Waals surface area contributed by atoms with Gasteiger partial charge in [-0.1, -0.05) is 6.58 Å². The van der Waals surface area contributed by atoms with Crippen molar-refractivity contribution in [2.75, 3.05) is 13.7 Å². The van der Waals surface area contributed by atoms with E-state index in [9.17, 15) is 18.4 Å². The Bertz CT molecular complexity index is 789. The molecule has 2 aliphatic heterocycles. The van der Waals surface area contributed by atoms with Crippen molar-refractivity contribution in [3.05, 3.63) is 54.3 Å². The molecule has 2 heterocycles. The Balaban J connectivity index is 1.67. The lowest BCUT2D eigenvalue weighted by atomic mass is 9.92. The van der Waals surface area contributed by atoms with E-state index in [-0.39, 0.29) is 19.4 Å². The van der Waals surface area contributed by atoms with E-state index in [2.05, 4.69) is 16.6 Å². The Morgan fingerprint density at radius 3 is 2.67 bits per heavy atom. The lowest BCUT2D eigenvalue weighted by molar-refractivity contribution is -0.151. The molecule has 0 aliphatic carbocycles. The SMILES string of the molecule is C=C[C@]1(C(=O)N[C@@H]2CO[C@H](C(=O)OC)C2)CC(c2cc(F)cc(F)c2)=CO1. The molecule has 1 fully saturated rings. The first-order valence-electron chi connectivity index (χ1n) is 8.34. The summed E-state index contributed by atoms with van der Waals surface area (Å²) >= 11 is 0. The molecule has 0 radical (unpaired) electrons. The summed E-state index contributed by atoms with van der Waals surface area (Å²) in [5.74, 6) is -2.41. The lowest BCUT2D eigenvalue weighted by Gasteiger charge is -2.25. The van der Waals surface area contributed by atoms with Crippen molar-refractivity contribution in [3.8, 4) is 0 Å². The van der Waals surface area contributed by atoms with Crippen molar-refractivity contribution in [2.45, 2.75) is 30.6 Å². The Morgan fingerprint density at radius 2 is 2.04 bits per heavy atom. The molecule has 144 valence electrons. The van der Waals surface area contributed by atoms with Crippen LogP contribution in [0.15, 0.2) is 37.1 Å². The Morgan fingerprint density at radius 1 is 1.33 bits per heavy atom. The number of rotatable bonds is 5. The predicted molar refractivity (Wildman–Crippen MR) is 91.3 cm³/mol. The molecular formula is C19H19F2NO5. The van der Waals surface area contributed by atoms with Gasteiger partial charge in [-0.05, 0) is 29.3 Å². The fourth-order valence-electron chi connectivity index (χ4n) is 3.13. The molecule has 0 unspecified atom stereocenters. The number of benzene rings is 1. The monoisotopic (exact) mass is 379 g/mol. The fraction of sp³-hybridized carbons (Fsp3) is 0.368. The van der Waals surface area contributed by atoms with Crippen LogP contribution in [0.5, 0.6) is 0 Å². The Hall–Kier alpha value is -2.74. The van der Waals surface area contributed by atoms with E-state index in [0.29, 0.717) is 11.1 Å². The summed E-state index contributed by atoms with van der Waals surface area (Å²) in [7, 11) is 1.26. The highest BCUT2D eigenvalue weighted by Crippen LogP contribution is 2.36. The molecule has 0 aromatic heterocycles. The molecule has 1 amide bonds. The average Bonchev–Trinajstić information content (AvgIpc) is 3.28. The van der Waals surface area contributed by atoms with Gasteiger partial charge < -0.3 is 19.5 Å². The van der Waals surface area contributed by atoms with Crippen LogP contribution in [-0.2, 0) is 23.8 Å². The lowest BCUT2D eigenvalue weighted by Crippen LogP contribution is -2.49. The highest BCUT2D eigenvalue weighted by molar-refractivity contribution is 5.91. The second-order valence-electron chi connectivity index (χ2n) is 6.44. The number of nitrogens with one attached hydrogen (secondary N) is 1. The number of amides is 1. The van der Waals surface area contributed by atoms with Gasteiger partial charge in [-0.3, -0.25) is 4.79 Å². The van der Waals surface area contributed by atoms with E-state index in [1.807, 2.05) is 0 Å². The second kappa shape index (κ2) is 7.48. The van der Waals surface area contributed by atoms with Crippen molar-refractivity contribution >= 4 is 17.4 Å². The fourth-order valence-corrected chi connectivity index (χ4v) is 3.13. The third-order valence-electron chi connectivity index (χ3n) is 4.61. The predicted octanol–water partition coefficient (Wildman–Crippen LogP) is 2.10. The molecule has 8 heteroatoms. The zero-order valence-corrected chi connectivity index (χ0v) is 14.7. The summed E-state index contributed by atoms with van der Waals surface area (Å²) in [6.07, 6.45) is 2.26. The van der Waals surface area contributed by atoms with Crippen LogP contribution in [0.4, 0.5) is 8.78 Å². The van der Waals surface area contributed by atoms with Gasteiger partial charge in [0.2, 0.25) is 5.60 Å². The largest absolute Gasteiger partial charge is 0.480 e. The van der Waals surface area contributed by atoms with Gasteiger partial charge in [0.15, 0.2) is 6.10 Å². The van der Waals surface area contributed by atoms with Crippen LogP contribution in [0.2, 0.25) is 0 Å². The summed E-state index contributed by atoms with van der Waals surface area (Å²) in [4.78, 5) is 24.3. The zero-order chi connectivity index (χ0) is 19.6. The molecular weight excluding hydrogens is 360 g/mol. The van der Waals surface area contributed by atoms with Crippen molar-refractivity contribution in [3.63, 3.8) is 0 Å². The van der Waals surface area contributed by atoms with E-state index in [4.69, 9.17) is 9.47 Å². The number of hydrogen-bond donors (Lipinski definition) is 1. The normalized spacial score (nSPS) is 26.9. The van der Waals surface area contributed by atoms with Crippen LogP contribution >= 0.6 is 0 Å². The van der Waals surface area contributed by atoms with E-state index >= 15 is 0 Å². The summed E-state index contributed by atoms with van der Waals surface area (Å²) in [6, 6.07) is 2.71. The smallest absolute Gasteiger partial charge is 0.335 e. The quantitative estimate of drug-likeness (QED) is 0.627. The van der Waals surface area contributed by atoms with Gasteiger partial charge in [0.25, 0.3) is 5.91 Å². The van der Waals surface area contributed by atoms with Gasteiger partial charge in [0, 0.05) is 18.9 Å². The number of carbonyl (C=O) groups excluding carboxylic acids is 2. The molecule has 3 atom stereocenters. The molecule has 0 bridgehead atoms. The number of methoxy groups -OCH3 is 1. The van der Waals surface area contributed by atoms with Crippen molar-refractivity contribution in [2.24, 2.45) is 0 Å². The maximum Gasteiger partial charge on any atom is 0.335 e. The van der Waals surface area contributed by atoms with Crippen molar-refractivity contribution < 1.29 is 32.6 Å². The Labute approximate surface area is 154 Å². The van der Waals surface area contributed by atoms with Gasteiger partial charge >= 0.3 is 5.97 Å². The molecule has 6 nitrogen and oxygen atoms in total. The third kappa shape index (κ3) is 3.85. The molecule has 0 spiro atoms. The topological polar surface area (TPSA) is 73.9 Å². The van der Waals surface area contributed by atoms with Gasteiger partial charge in [-0.25, -0.2) is 13.6 Å². The first-order valence-corrected chi connectivity index (χ1v) is 8.34. The van der Waals surface area contributed by atoms with Crippen LogP contribution < -0.4 is 5.32 Å². The molecule has 3 rings (SSSR count). The molecule has 27 heavy (non-hydrogen) atoms. The van der Waals surface area contributed by atoms with Crippen molar-refractivity contribution in [1.29, 1.82) is 0 Å². The van der Waals surface area contributed by atoms with Gasteiger partial charge in [0.05, 0.1) is 26.0 Å². The van der Waals surface area contributed by atoms with Crippen LogP contribution in [0.1, 0.15) is 18.4 Å². The number of hydrogen-bond acceptors (Lipinski definition) is 5. The standard InChI is InChI=1S/C19H19F2NO5/c1-3-19(18(24)22-15-7-16(26-10-15)17(23)25-2)8-12(9-27-19)11-4-13(20)6-14(21)5-11/h3-6,9,15-16H,1,7-8,10H2,2H3,(H,22,24)/t15-,16-,19+/m0/s1. The molecule has 1 N–H and O–H groups in total. The average molecular weight is 379 g/mol. The highest BCUT2D eigenvalue weighted by Gasteiger charge is 2.44. The van der Waals surface area contributed by atoms with E-state index in [0.717, 1.165) is 6.07 Å². The van der Waals surface area contributed by atoms with E-state index < -0.39 is 41.3 Å². The maximum absolute atomic E-state index is 13.5. The van der Waals surface area contributed by atoms with Crippen LogP contribution in [0, 0.1) is 11.6 Å². The van der Waals surface area contributed by atoms with Crippen LogP contribution in [-0.4, -0.2) is 43.3 Å². The summed E-state index contributed by atoms with van der Waals surface area (Å²) < 4.78 is 42.4. The molecule has 1 aromatic carbocycles. The summed E-state index contributed by atoms with van der Waals surface area (Å²) in [5, 5.41) is 2.77. The van der Waals surface area contributed by atoms with E-state index in [1.54, 1.807) is 0 Å². The minimum Gasteiger partial charge on any atom is -0.480 e. The van der Waals surface area contributed by atoms with Gasteiger partial charge in [-0.2, -0.15) is 0 Å². The minimum atomic E-state index is -1.40. The summed E-state index contributed by atoms with van der Waals surface area (Å²) in [6.45, 7) is 3.82. The number of ether oxygens (including phenoxy) is 3. The molecule has 0 saturated carbocycles. The Kier molecular flexibility index (Phi) is 5.27. The molecule has 1 saturated heterocycles. The first kappa shape index (κ1) is 19.0. The summed E-state index contributed by atoms with van der Waals surface area (Å²) in [5.41, 5.74) is -0.640. The highest BCUT2D eigenvalue weighted by atomic mass is 19.1. The van der Waals surface area contributed by atoms with E-state index in [1.165, 1.54) is 31.6 Å². The molecule has 1 aromatic rings. The third-order valence-corrected chi connectivity index (χ3v) is 4.61. The number of halogens is 2. The minimum absolute atomic E-state index is 0.0687.